The molecule has 4 rings (SSSR count). The fourth-order valence-corrected chi connectivity index (χ4v) is 6.97. The van der Waals surface area contributed by atoms with Gasteiger partial charge in [-0.05, 0) is 43.7 Å². The van der Waals surface area contributed by atoms with E-state index in [1.54, 1.807) is 10.6 Å². The van der Waals surface area contributed by atoms with E-state index in [0.717, 1.165) is 5.92 Å². The fraction of sp³-hybridized carbons (Fsp3) is 0.294. The van der Waals surface area contributed by atoms with Gasteiger partial charge in [-0.15, -0.1) is 0 Å². The number of hydrogen-bond donors (Lipinski definition) is 0. The Hall–Kier alpha value is -1.13. The molecule has 1 heteroatoms. The van der Waals surface area contributed by atoms with Gasteiger partial charge in [-0.25, -0.2) is 0 Å². The van der Waals surface area contributed by atoms with Crippen LogP contribution in [0, 0.1) is 5.92 Å². The normalized spacial score (nSPS) is 28.6. The molecule has 0 aliphatic heterocycles. The molecule has 0 aromatic heterocycles. The van der Waals surface area contributed by atoms with Crippen molar-refractivity contribution in [2.24, 2.45) is 5.92 Å². The molecule has 90 valence electrons. The van der Waals surface area contributed by atoms with Crippen LogP contribution in [0.1, 0.15) is 19.3 Å². The van der Waals surface area contributed by atoms with Gasteiger partial charge in [-0.3, -0.25) is 0 Å². The van der Waals surface area contributed by atoms with E-state index in [1.807, 2.05) is 0 Å². The highest BCUT2D eigenvalue weighted by molar-refractivity contribution is 7.74. The van der Waals surface area contributed by atoms with Gasteiger partial charge in [-0.2, -0.15) is 0 Å². The summed E-state index contributed by atoms with van der Waals surface area (Å²) in [5, 5.41) is 3.82. The summed E-state index contributed by atoms with van der Waals surface area (Å²) in [6.07, 6.45) is 4.40. The lowest BCUT2D eigenvalue weighted by molar-refractivity contribution is 0.499. The van der Waals surface area contributed by atoms with Gasteiger partial charge >= 0.3 is 0 Å². The lowest BCUT2D eigenvalue weighted by atomic mass is 10.00. The summed E-state index contributed by atoms with van der Waals surface area (Å²) in [6.45, 7) is 0. The predicted molar refractivity (Wildman–Crippen MR) is 79.1 cm³/mol. The van der Waals surface area contributed by atoms with Crippen LogP contribution in [0.5, 0.6) is 0 Å². The minimum absolute atomic E-state index is 0.133. The predicted octanol–water partition coefficient (Wildman–Crippen LogP) is 3.67. The Bertz CT molecular complexity index is 505. The van der Waals surface area contributed by atoms with Crippen molar-refractivity contribution < 1.29 is 0 Å². The van der Waals surface area contributed by atoms with Crippen LogP contribution in [0.2, 0.25) is 0 Å². The Morgan fingerprint density at radius 3 is 1.72 bits per heavy atom. The first-order valence-corrected chi connectivity index (χ1v) is 8.15. The topological polar surface area (TPSA) is 0 Å². The van der Waals surface area contributed by atoms with Crippen molar-refractivity contribution in [3.05, 3.63) is 60.7 Å². The van der Waals surface area contributed by atoms with E-state index in [0.29, 0.717) is 5.16 Å². The molecule has 0 amide bonds. The number of rotatable bonds is 3. The summed E-state index contributed by atoms with van der Waals surface area (Å²) in [4.78, 5) is 0. The highest BCUT2D eigenvalue weighted by atomic mass is 31.1. The summed E-state index contributed by atoms with van der Waals surface area (Å²) in [5.41, 5.74) is 0. The zero-order chi connectivity index (χ0) is 12.0. The molecule has 0 radical (unpaired) electrons. The molecule has 0 N–H and O–H groups in total. The van der Waals surface area contributed by atoms with Crippen molar-refractivity contribution in [3.8, 4) is 0 Å². The minimum atomic E-state index is -0.133. The van der Waals surface area contributed by atoms with Crippen LogP contribution >= 0.6 is 7.92 Å². The third-order valence-electron chi connectivity index (χ3n) is 4.60. The van der Waals surface area contributed by atoms with Crippen LogP contribution in [0.15, 0.2) is 60.7 Å². The van der Waals surface area contributed by atoms with Crippen molar-refractivity contribution in [3.63, 3.8) is 0 Å². The monoisotopic (exact) mass is 252 g/mol. The molecule has 18 heavy (non-hydrogen) atoms. The van der Waals surface area contributed by atoms with E-state index < -0.39 is 0 Å². The molecule has 2 atom stereocenters. The van der Waals surface area contributed by atoms with Crippen molar-refractivity contribution in [1.82, 2.24) is 0 Å². The van der Waals surface area contributed by atoms with Crippen molar-refractivity contribution >= 4 is 18.5 Å². The average molecular weight is 252 g/mol. The van der Waals surface area contributed by atoms with Crippen molar-refractivity contribution in [2.75, 3.05) is 0 Å². The first kappa shape index (κ1) is 10.8. The lowest BCUT2D eigenvalue weighted by Gasteiger charge is -2.35. The maximum atomic E-state index is 2.33. The second-order valence-electron chi connectivity index (χ2n) is 5.55. The Labute approximate surface area is 110 Å². The number of hydrogen-bond acceptors (Lipinski definition) is 0. The number of benzene rings is 2. The molecule has 0 spiro atoms. The highest BCUT2D eigenvalue weighted by Gasteiger charge is 2.65. The standard InChI is InChI=1S/C17H17P/c1-3-7-15(8-4-1)18(16-9-5-2-6-10-16)17-12-11-14(17)13-17/h1-10,14H,11-13H2/t14-,17-/m1/s1. The molecule has 0 saturated heterocycles. The van der Waals surface area contributed by atoms with Crippen molar-refractivity contribution in [1.29, 1.82) is 0 Å². The minimum Gasteiger partial charge on any atom is -0.0622 e. The maximum Gasteiger partial charge on any atom is 0.00173 e. The smallest absolute Gasteiger partial charge is 0.00173 e. The van der Waals surface area contributed by atoms with Gasteiger partial charge in [0.15, 0.2) is 0 Å². The summed E-state index contributed by atoms with van der Waals surface area (Å²) in [5.74, 6) is 1.03. The van der Waals surface area contributed by atoms with E-state index in [-0.39, 0.29) is 7.92 Å². The summed E-state index contributed by atoms with van der Waals surface area (Å²) >= 11 is 0. The Balaban J connectivity index is 1.80. The molecular formula is C17H17P. The Morgan fingerprint density at radius 2 is 1.39 bits per heavy atom. The quantitative estimate of drug-likeness (QED) is 0.731. The molecular weight excluding hydrogens is 235 g/mol. The van der Waals surface area contributed by atoms with Crippen LogP contribution in [-0.4, -0.2) is 5.16 Å². The average Bonchev–Trinajstić information content (AvgIpc) is 2.95. The lowest BCUT2D eigenvalue weighted by Crippen LogP contribution is -2.29. The third-order valence-corrected chi connectivity index (χ3v) is 7.89. The van der Waals surface area contributed by atoms with Crippen LogP contribution in [-0.2, 0) is 0 Å². The Morgan fingerprint density at radius 1 is 0.833 bits per heavy atom. The third kappa shape index (κ3) is 1.49. The van der Waals surface area contributed by atoms with E-state index in [9.17, 15) is 0 Å². The van der Waals surface area contributed by atoms with Gasteiger partial charge in [0.25, 0.3) is 0 Å². The molecule has 2 aliphatic rings. The van der Waals surface area contributed by atoms with Gasteiger partial charge in [-0.1, -0.05) is 60.7 Å². The van der Waals surface area contributed by atoms with Gasteiger partial charge in [0, 0.05) is 5.16 Å². The van der Waals surface area contributed by atoms with Crippen LogP contribution in [0.3, 0.4) is 0 Å². The van der Waals surface area contributed by atoms with E-state index in [1.165, 1.54) is 19.3 Å². The molecule has 0 heterocycles. The molecule has 0 bridgehead atoms. The molecule has 2 saturated carbocycles. The summed E-state index contributed by atoms with van der Waals surface area (Å²) in [7, 11) is -0.133. The second kappa shape index (κ2) is 3.93. The molecule has 2 aromatic rings. The molecule has 2 fully saturated rings. The first-order chi connectivity index (χ1) is 8.90. The maximum absolute atomic E-state index is 2.33. The molecule has 2 aromatic carbocycles. The number of fused-ring (bicyclic) bond motifs is 1. The van der Waals surface area contributed by atoms with Gasteiger partial charge in [0.1, 0.15) is 0 Å². The van der Waals surface area contributed by atoms with Crippen LogP contribution < -0.4 is 10.6 Å². The fourth-order valence-electron chi connectivity index (χ4n) is 3.46. The summed E-state index contributed by atoms with van der Waals surface area (Å²) in [6, 6.07) is 22.4. The first-order valence-electron chi connectivity index (χ1n) is 6.80. The van der Waals surface area contributed by atoms with Crippen molar-refractivity contribution in [2.45, 2.75) is 24.4 Å². The summed E-state index contributed by atoms with van der Waals surface area (Å²) < 4.78 is 0. The zero-order valence-electron chi connectivity index (χ0n) is 10.4. The van der Waals surface area contributed by atoms with E-state index >= 15 is 0 Å². The molecule has 2 aliphatic carbocycles. The zero-order valence-corrected chi connectivity index (χ0v) is 11.3. The van der Waals surface area contributed by atoms with E-state index in [2.05, 4.69) is 60.7 Å². The van der Waals surface area contributed by atoms with E-state index in [4.69, 9.17) is 0 Å². The second-order valence-corrected chi connectivity index (χ2v) is 8.14. The SMILES string of the molecule is c1ccc(P(c2ccccc2)[C@@]23CC[C@@H]2C3)cc1. The molecule has 0 unspecified atom stereocenters. The molecule has 0 nitrogen and oxygen atoms in total. The van der Waals surface area contributed by atoms with Crippen LogP contribution in [0.4, 0.5) is 0 Å². The van der Waals surface area contributed by atoms with Gasteiger partial charge in [0.05, 0.1) is 0 Å². The van der Waals surface area contributed by atoms with Gasteiger partial charge in [0.2, 0.25) is 0 Å². The van der Waals surface area contributed by atoms with Gasteiger partial charge < -0.3 is 0 Å². The Kier molecular flexibility index (Phi) is 2.35. The largest absolute Gasteiger partial charge is 0.0622 e. The highest BCUT2D eigenvalue weighted by Crippen LogP contribution is 2.76. The van der Waals surface area contributed by atoms with Crippen LogP contribution in [0.25, 0.3) is 0 Å².